The summed E-state index contributed by atoms with van der Waals surface area (Å²) in [4.78, 5) is 21.8. The quantitative estimate of drug-likeness (QED) is 0.678. The third-order valence-corrected chi connectivity index (χ3v) is 5.79. The molecule has 5 nitrogen and oxygen atoms in total. The maximum Gasteiger partial charge on any atom is 0.311 e. The molecule has 0 fully saturated rings. The van der Waals surface area contributed by atoms with Crippen LogP contribution in [0, 0.1) is 13.8 Å². The lowest BCUT2D eigenvalue weighted by Gasteiger charge is -2.22. The molecule has 0 spiro atoms. The van der Waals surface area contributed by atoms with E-state index in [0.717, 1.165) is 71.6 Å². The zero-order valence-corrected chi connectivity index (χ0v) is 16.8. The number of carbonyl (C=O) groups is 1. The highest BCUT2D eigenvalue weighted by Gasteiger charge is 2.29. The molecule has 0 bridgehead atoms. The maximum absolute atomic E-state index is 12.2. The van der Waals surface area contributed by atoms with Gasteiger partial charge in [-0.05, 0) is 44.2 Å². The summed E-state index contributed by atoms with van der Waals surface area (Å²) in [6.45, 7) is 6.94. The first-order chi connectivity index (χ1) is 13.5. The Labute approximate surface area is 165 Å². The van der Waals surface area contributed by atoms with Crippen LogP contribution in [0.25, 0.3) is 22.3 Å². The normalized spacial score (nSPS) is 14.8. The number of carboxylic acids is 1. The molecule has 0 saturated heterocycles. The molecule has 146 valence electrons. The minimum atomic E-state index is -0.780. The zero-order chi connectivity index (χ0) is 19.8. The van der Waals surface area contributed by atoms with E-state index in [4.69, 9.17) is 9.97 Å². The number of hydrogen-bond donors (Lipinski definition) is 1. The summed E-state index contributed by atoms with van der Waals surface area (Å²) in [6.07, 6.45) is 4.62. The van der Waals surface area contributed by atoms with Gasteiger partial charge in [-0.2, -0.15) is 0 Å². The molecule has 2 aromatic heterocycles. The highest BCUT2D eigenvalue weighted by Crippen LogP contribution is 2.40. The molecule has 1 aliphatic heterocycles. The van der Waals surface area contributed by atoms with E-state index in [1.165, 1.54) is 5.56 Å². The second-order valence-corrected chi connectivity index (χ2v) is 7.84. The molecule has 4 rings (SSSR count). The van der Waals surface area contributed by atoms with Gasteiger partial charge in [0.2, 0.25) is 0 Å². The Kier molecular flexibility index (Phi) is 4.92. The number of nitrogens with zero attached hydrogens (tertiary/aromatic N) is 3. The van der Waals surface area contributed by atoms with Crippen LogP contribution in [-0.2, 0) is 17.8 Å². The van der Waals surface area contributed by atoms with Gasteiger partial charge in [-0.15, -0.1) is 0 Å². The first kappa shape index (κ1) is 18.7. The van der Waals surface area contributed by atoms with E-state index >= 15 is 0 Å². The van der Waals surface area contributed by atoms with Crippen molar-refractivity contribution >= 4 is 17.1 Å². The van der Waals surface area contributed by atoms with E-state index in [2.05, 4.69) is 35.8 Å². The summed E-state index contributed by atoms with van der Waals surface area (Å²) in [5, 5.41) is 10.0. The summed E-state index contributed by atoms with van der Waals surface area (Å²) in [5.74, 6) is -0.271. The largest absolute Gasteiger partial charge is 0.481 e. The van der Waals surface area contributed by atoms with E-state index in [0.29, 0.717) is 6.42 Å². The van der Waals surface area contributed by atoms with Crippen LogP contribution in [0.2, 0.25) is 0 Å². The van der Waals surface area contributed by atoms with E-state index in [1.54, 1.807) is 0 Å². The van der Waals surface area contributed by atoms with Crippen molar-refractivity contribution in [1.82, 2.24) is 14.5 Å². The van der Waals surface area contributed by atoms with Gasteiger partial charge in [0.1, 0.15) is 5.82 Å². The van der Waals surface area contributed by atoms with Crippen LogP contribution in [0.3, 0.4) is 0 Å². The number of carboxylic acid groups (broad SMARTS) is 1. The third kappa shape index (κ3) is 3.09. The second-order valence-electron chi connectivity index (χ2n) is 7.84. The summed E-state index contributed by atoms with van der Waals surface area (Å²) in [5.41, 5.74) is 6.61. The van der Waals surface area contributed by atoms with Crippen LogP contribution in [0.15, 0.2) is 24.3 Å². The van der Waals surface area contributed by atoms with Crippen molar-refractivity contribution in [3.8, 4) is 11.1 Å². The van der Waals surface area contributed by atoms with Gasteiger partial charge in [0.05, 0.1) is 11.4 Å². The van der Waals surface area contributed by atoms with Gasteiger partial charge in [-0.3, -0.25) is 4.79 Å². The van der Waals surface area contributed by atoms with Gasteiger partial charge in [0, 0.05) is 24.2 Å². The van der Waals surface area contributed by atoms with Gasteiger partial charge in [0.15, 0.2) is 5.65 Å². The third-order valence-electron chi connectivity index (χ3n) is 5.79. The lowest BCUT2D eigenvalue weighted by molar-refractivity contribution is -0.139. The Hall–Kier alpha value is -2.69. The molecule has 28 heavy (non-hydrogen) atoms. The number of imidazole rings is 1. The van der Waals surface area contributed by atoms with Crippen LogP contribution in [0.1, 0.15) is 61.2 Å². The fraction of sp³-hybridized carbons (Fsp3) is 0.435. The molecule has 0 amide bonds. The van der Waals surface area contributed by atoms with E-state index in [-0.39, 0.29) is 0 Å². The molecule has 3 aromatic rings. The predicted molar refractivity (Wildman–Crippen MR) is 111 cm³/mol. The minimum Gasteiger partial charge on any atom is -0.481 e. The molecule has 0 saturated carbocycles. The molecule has 1 aliphatic rings. The van der Waals surface area contributed by atoms with Crippen molar-refractivity contribution in [2.75, 3.05) is 0 Å². The zero-order valence-electron chi connectivity index (χ0n) is 16.8. The number of pyridine rings is 1. The van der Waals surface area contributed by atoms with E-state index in [1.807, 2.05) is 13.8 Å². The minimum absolute atomic E-state index is 0.562. The van der Waals surface area contributed by atoms with E-state index < -0.39 is 11.9 Å². The van der Waals surface area contributed by atoms with Crippen molar-refractivity contribution in [2.45, 2.75) is 65.3 Å². The van der Waals surface area contributed by atoms with Gasteiger partial charge in [-0.25, -0.2) is 9.97 Å². The first-order valence-electron chi connectivity index (χ1n) is 10.2. The van der Waals surface area contributed by atoms with Gasteiger partial charge in [-0.1, -0.05) is 43.2 Å². The summed E-state index contributed by atoms with van der Waals surface area (Å²) < 4.78 is 2.27. The number of benzene rings is 1. The molecule has 0 radical (unpaired) electrons. The fourth-order valence-electron chi connectivity index (χ4n) is 4.44. The van der Waals surface area contributed by atoms with Crippen LogP contribution < -0.4 is 0 Å². The number of aromatic nitrogens is 3. The molecule has 5 heteroatoms. The van der Waals surface area contributed by atoms with Crippen molar-refractivity contribution in [3.05, 3.63) is 46.9 Å². The van der Waals surface area contributed by atoms with Crippen molar-refractivity contribution in [3.63, 3.8) is 0 Å². The van der Waals surface area contributed by atoms with Gasteiger partial charge >= 0.3 is 5.97 Å². The fourth-order valence-corrected chi connectivity index (χ4v) is 4.44. The smallest absolute Gasteiger partial charge is 0.311 e. The molecule has 0 aliphatic carbocycles. The van der Waals surface area contributed by atoms with Crippen molar-refractivity contribution in [2.24, 2.45) is 0 Å². The number of fused-ring (bicyclic) bond motifs is 3. The molecule has 3 heterocycles. The lowest BCUT2D eigenvalue weighted by atomic mass is 9.86. The lowest BCUT2D eigenvalue weighted by Crippen LogP contribution is -2.16. The predicted octanol–water partition coefficient (Wildman–Crippen LogP) is 5.02. The van der Waals surface area contributed by atoms with E-state index in [9.17, 15) is 9.90 Å². The summed E-state index contributed by atoms with van der Waals surface area (Å²) in [6, 6.07) is 8.37. The van der Waals surface area contributed by atoms with Crippen LogP contribution >= 0.6 is 0 Å². The molecular formula is C23H27N3O2. The number of rotatable bonds is 5. The molecular weight excluding hydrogens is 350 g/mol. The van der Waals surface area contributed by atoms with Gasteiger partial charge in [0.25, 0.3) is 0 Å². The average Bonchev–Trinajstić information content (AvgIpc) is 3.04. The molecule has 1 unspecified atom stereocenters. The molecule has 1 N–H and O–H groups in total. The Morgan fingerprint density at radius 2 is 1.93 bits per heavy atom. The van der Waals surface area contributed by atoms with Crippen molar-refractivity contribution in [1.29, 1.82) is 0 Å². The molecule has 1 aromatic carbocycles. The number of hydrogen-bond acceptors (Lipinski definition) is 3. The molecule has 1 atom stereocenters. The Morgan fingerprint density at radius 3 is 2.61 bits per heavy atom. The van der Waals surface area contributed by atoms with Crippen LogP contribution in [-0.4, -0.2) is 25.6 Å². The maximum atomic E-state index is 12.2. The number of aliphatic carboxylic acids is 1. The average molecular weight is 377 g/mol. The monoisotopic (exact) mass is 377 g/mol. The van der Waals surface area contributed by atoms with Crippen LogP contribution in [0.4, 0.5) is 0 Å². The van der Waals surface area contributed by atoms with Crippen molar-refractivity contribution < 1.29 is 9.90 Å². The standard InChI is InChI=1S/C23H27N3O2/c1-4-7-17(23(27)28)19-15(3)24-22-21(26-13-6-5-8-18(26)25-22)20(19)16-11-9-14(2)10-12-16/h9-12,17H,4-8,13H2,1-3H3,(H,27,28). The highest BCUT2D eigenvalue weighted by atomic mass is 16.4. The Balaban J connectivity index is 2.09. The summed E-state index contributed by atoms with van der Waals surface area (Å²) >= 11 is 0. The topological polar surface area (TPSA) is 68.0 Å². The van der Waals surface area contributed by atoms with Crippen LogP contribution in [0.5, 0.6) is 0 Å². The Bertz CT molecular complexity index is 1030. The highest BCUT2D eigenvalue weighted by molar-refractivity contribution is 5.96. The summed E-state index contributed by atoms with van der Waals surface area (Å²) in [7, 11) is 0. The SMILES string of the molecule is CCCC(C(=O)O)c1c(C)nc2nc3n(c2c1-c1ccc(C)cc1)CCCC3. The second kappa shape index (κ2) is 7.38. The Morgan fingerprint density at radius 1 is 1.18 bits per heavy atom. The van der Waals surface area contributed by atoms with Gasteiger partial charge < -0.3 is 9.67 Å². The number of aryl methyl sites for hydroxylation is 4. The first-order valence-corrected chi connectivity index (χ1v) is 10.2.